The molecule has 0 spiro atoms. The molecule has 0 amide bonds. The molecule has 1 aliphatic rings. The molecule has 18 heavy (non-hydrogen) atoms. The molecule has 5 nitrogen and oxygen atoms in total. The second-order valence-electron chi connectivity index (χ2n) is 4.94. The van der Waals surface area contributed by atoms with Gasteiger partial charge in [0.25, 0.3) is 0 Å². The fraction of sp³-hybridized carbons (Fsp3) is 0.538. The molecule has 1 aliphatic heterocycles. The molecule has 1 fully saturated rings. The Morgan fingerprint density at radius 3 is 3.06 bits per heavy atom. The van der Waals surface area contributed by atoms with Gasteiger partial charge in [-0.15, -0.1) is 0 Å². The molecule has 0 radical (unpaired) electrons. The Bertz CT molecular complexity index is 437. The first-order chi connectivity index (χ1) is 8.59. The van der Waals surface area contributed by atoms with Gasteiger partial charge >= 0.3 is 0 Å². The van der Waals surface area contributed by atoms with E-state index in [1.807, 2.05) is 19.9 Å². The minimum atomic E-state index is -0.162. The third-order valence-corrected chi connectivity index (χ3v) is 2.69. The van der Waals surface area contributed by atoms with Gasteiger partial charge < -0.3 is 14.8 Å². The van der Waals surface area contributed by atoms with Crippen molar-refractivity contribution in [2.24, 2.45) is 0 Å². The predicted octanol–water partition coefficient (Wildman–Crippen LogP) is 1.10. The number of rotatable bonds is 3. The number of nitriles is 1. The summed E-state index contributed by atoms with van der Waals surface area (Å²) in [5.41, 5.74) is 0.365. The van der Waals surface area contributed by atoms with Crippen LogP contribution < -0.4 is 10.1 Å². The van der Waals surface area contributed by atoms with Gasteiger partial charge in [-0.2, -0.15) is 5.26 Å². The van der Waals surface area contributed by atoms with Crippen LogP contribution >= 0.6 is 0 Å². The summed E-state index contributed by atoms with van der Waals surface area (Å²) in [4.78, 5) is 4.05. The Kier molecular flexibility index (Phi) is 3.80. The maximum atomic E-state index is 8.66. The van der Waals surface area contributed by atoms with Gasteiger partial charge in [0.2, 0.25) is 5.88 Å². The molecule has 2 heterocycles. The highest BCUT2D eigenvalue weighted by Crippen LogP contribution is 2.16. The summed E-state index contributed by atoms with van der Waals surface area (Å²) in [7, 11) is 0. The van der Waals surface area contributed by atoms with Crippen LogP contribution in [0.1, 0.15) is 19.4 Å². The van der Waals surface area contributed by atoms with Crippen molar-refractivity contribution >= 4 is 0 Å². The van der Waals surface area contributed by atoms with Crippen LogP contribution in [0.25, 0.3) is 0 Å². The number of aromatic nitrogens is 1. The minimum absolute atomic E-state index is 0.0196. The molecule has 2 rings (SSSR count). The second-order valence-corrected chi connectivity index (χ2v) is 4.94. The lowest BCUT2D eigenvalue weighted by Gasteiger charge is -2.36. The third kappa shape index (κ3) is 3.42. The van der Waals surface area contributed by atoms with Gasteiger partial charge in [0.15, 0.2) is 0 Å². The van der Waals surface area contributed by atoms with E-state index in [9.17, 15) is 0 Å². The van der Waals surface area contributed by atoms with E-state index in [1.165, 1.54) is 6.20 Å². The molecule has 5 heteroatoms. The molecule has 0 saturated carbocycles. The van der Waals surface area contributed by atoms with Crippen LogP contribution in [0.5, 0.6) is 5.88 Å². The van der Waals surface area contributed by atoms with Crippen LogP contribution in [0.2, 0.25) is 0 Å². The fourth-order valence-corrected chi connectivity index (χ4v) is 1.87. The highest BCUT2D eigenvalue weighted by molar-refractivity contribution is 5.28. The van der Waals surface area contributed by atoms with E-state index in [2.05, 4.69) is 10.3 Å². The van der Waals surface area contributed by atoms with Gasteiger partial charge in [0.05, 0.1) is 11.2 Å². The molecule has 1 atom stereocenters. The van der Waals surface area contributed by atoms with Crippen LogP contribution in [0, 0.1) is 11.3 Å². The molecule has 96 valence electrons. The van der Waals surface area contributed by atoms with Crippen LogP contribution in [0.15, 0.2) is 18.3 Å². The third-order valence-electron chi connectivity index (χ3n) is 2.69. The molecule has 1 N–H and O–H groups in total. The minimum Gasteiger partial charge on any atom is -0.475 e. The van der Waals surface area contributed by atoms with E-state index in [-0.39, 0.29) is 11.7 Å². The van der Waals surface area contributed by atoms with Crippen molar-refractivity contribution in [1.29, 1.82) is 5.26 Å². The standard InChI is InChI=1S/C13H17N3O2/c1-13(2)9-15-7-11(18-13)8-17-12-4-3-10(5-14)6-16-12/h3-4,6,11,15H,7-9H2,1-2H3. The first-order valence-electron chi connectivity index (χ1n) is 5.96. The average Bonchev–Trinajstić information content (AvgIpc) is 2.36. The van der Waals surface area contributed by atoms with Crippen LogP contribution in [0.3, 0.4) is 0 Å². The molecule has 0 aromatic carbocycles. The van der Waals surface area contributed by atoms with E-state index in [0.717, 1.165) is 13.1 Å². The monoisotopic (exact) mass is 247 g/mol. The molecule has 1 aromatic heterocycles. The van der Waals surface area contributed by atoms with Crippen LogP contribution in [-0.4, -0.2) is 36.4 Å². The number of pyridine rings is 1. The average molecular weight is 247 g/mol. The van der Waals surface area contributed by atoms with Crippen molar-refractivity contribution in [3.63, 3.8) is 0 Å². The lowest BCUT2D eigenvalue weighted by atomic mass is 10.1. The van der Waals surface area contributed by atoms with Gasteiger partial charge in [-0.05, 0) is 19.9 Å². The number of morpholine rings is 1. The Morgan fingerprint density at radius 1 is 1.61 bits per heavy atom. The van der Waals surface area contributed by atoms with E-state index >= 15 is 0 Å². The number of hydrogen-bond donors (Lipinski definition) is 1. The fourth-order valence-electron chi connectivity index (χ4n) is 1.87. The highest BCUT2D eigenvalue weighted by Gasteiger charge is 2.28. The van der Waals surface area contributed by atoms with Crippen molar-refractivity contribution in [1.82, 2.24) is 10.3 Å². The van der Waals surface area contributed by atoms with Gasteiger partial charge in [0.1, 0.15) is 18.8 Å². The highest BCUT2D eigenvalue weighted by atomic mass is 16.6. The van der Waals surface area contributed by atoms with Crippen molar-refractivity contribution in [3.05, 3.63) is 23.9 Å². The zero-order valence-corrected chi connectivity index (χ0v) is 10.6. The number of hydrogen-bond acceptors (Lipinski definition) is 5. The van der Waals surface area contributed by atoms with Crippen molar-refractivity contribution < 1.29 is 9.47 Å². The quantitative estimate of drug-likeness (QED) is 0.866. The topological polar surface area (TPSA) is 67.2 Å². The summed E-state index contributed by atoms with van der Waals surface area (Å²) < 4.78 is 11.4. The van der Waals surface area contributed by atoms with Gasteiger partial charge in [0, 0.05) is 25.4 Å². The molecule has 0 bridgehead atoms. The normalized spacial score (nSPS) is 22.2. The summed E-state index contributed by atoms with van der Waals surface area (Å²) in [6.07, 6.45) is 1.52. The molecule has 1 unspecified atom stereocenters. The SMILES string of the molecule is CC1(C)CNCC(COc2ccc(C#N)cn2)O1. The summed E-state index contributed by atoms with van der Waals surface area (Å²) in [5, 5.41) is 12.0. The van der Waals surface area contributed by atoms with Crippen molar-refractivity contribution in [3.8, 4) is 11.9 Å². The van der Waals surface area contributed by atoms with E-state index in [0.29, 0.717) is 18.1 Å². The zero-order chi connectivity index (χ0) is 13.0. The summed E-state index contributed by atoms with van der Waals surface area (Å²) >= 11 is 0. The lowest BCUT2D eigenvalue weighted by molar-refractivity contribution is -0.107. The van der Waals surface area contributed by atoms with E-state index < -0.39 is 0 Å². The van der Waals surface area contributed by atoms with Gasteiger partial charge in [-0.1, -0.05) is 0 Å². The Balaban J connectivity index is 1.85. The largest absolute Gasteiger partial charge is 0.475 e. The van der Waals surface area contributed by atoms with Crippen molar-refractivity contribution in [2.75, 3.05) is 19.7 Å². The first-order valence-corrected chi connectivity index (χ1v) is 5.96. The van der Waals surface area contributed by atoms with Gasteiger partial charge in [-0.3, -0.25) is 0 Å². The van der Waals surface area contributed by atoms with Crippen LogP contribution in [-0.2, 0) is 4.74 Å². The number of ether oxygens (including phenoxy) is 2. The summed E-state index contributed by atoms with van der Waals surface area (Å²) in [6, 6.07) is 5.40. The summed E-state index contributed by atoms with van der Waals surface area (Å²) in [6.45, 7) is 6.17. The molecule has 0 aliphatic carbocycles. The van der Waals surface area contributed by atoms with E-state index in [1.54, 1.807) is 12.1 Å². The predicted molar refractivity (Wildman–Crippen MR) is 66.3 cm³/mol. The smallest absolute Gasteiger partial charge is 0.213 e. The Morgan fingerprint density at radius 2 is 2.44 bits per heavy atom. The maximum absolute atomic E-state index is 8.66. The molecular formula is C13H17N3O2. The second kappa shape index (κ2) is 5.34. The zero-order valence-electron chi connectivity index (χ0n) is 10.6. The lowest BCUT2D eigenvalue weighted by Crippen LogP contribution is -2.52. The van der Waals surface area contributed by atoms with Crippen LogP contribution in [0.4, 0.5) is 0 Å². The number of nitrogens with one attached hydrogen (secondary N) is 1. The van der Waals surface area contributed by atoms with Gasteiger partial charge in [-0.25, -0.2) is 4.98 Å². The Hall–Kier alpha value is -1.64. The maximum Gasteiger partial charge on any atom is 0.213 e. The molecule has 1 saturated heterocycles. The Labute approximate surface area is 107 Å². The molecular weight excluding hydrogens is 230 g/mol. The van der Waals surface area contributed by atoms with E-state index in [4.69, 9.17) is 14.7 Å². The summed E-state index contributed by atoms with van der Waals surface area (Å²) in [5.74, 6) is 0.515. The molecule has 1 aromatic rings. The first kappa shape index (κ1) is 12.8. The van der Waals surface area contributed by atoms with Crippen molar-refractivity contribution in [2.45, 2.75) is 25.6 Å². The number of nitrogens with zero attached hydrogens (tertiary/aromatic N) is 2.